The maximum Gasteiger partial charge on any atom is 0.128 e. The Labute approximate surface area is 115 Å². The monoisotopic (exact) mass is 268 g/mol. The van der Waals surface area contributed by atoms with Gasteiger partial charge in [0.1, 0.15) is 17.6 Å². The minimum atomic E-state index is -0.786. The molecule has 0 aliphatic carbocycles. The van der Waals surface area contributed by atoms with E-state index in [0.29, 0.717) is 23.7 Å². The molecule has 0 saturated heterocycles. The van der Waals surface area contributed by atoms with Crippen molar-refractivity contribution in [2.75, 3.05) is 20.8 Å². The first-order chi connectivity index (χ1) is 9.06. The fourth-order valence-electron chi connectivity index (χ4n) is 2.18. The van der Waals surface area contributed by atoms with E-state index < -0.39 is 6.10 Å². The molecule has 1 N–H and O–H groups in total. The molecule has 0 spiro atoms. The first kappa shape index (κ1) is 15.8. The molecule has 0 aliphatic heterocycles. The summed E-state index contributed by atoms with van der Waals surface area (Å²) in [5, 5.41) is 10.6. The minimum absolute atomic E-state index is 0.185. The molecule has 0 bridgehead atoms. The third-order valence-corrected chi connectivity index (χ3v) is 3.09. The van der Waals surface area contributed by atoms with E-state index in [9.17, 15) is 5.11 Å². The van der Waals surface area contributed by atoms with Crippen molar-refractivity contribution in [2.45, 2.75) is 33.0 Å². The second kappa shape index (κ2) is 7.36. The second-order valence-electron chi connectivity index (χ2n) is 4.69. The quantitative estimate of drug-likeness (QED) is 0.826. The highest BCUT2D eigenvalue weighted by Gasteiger charge is 2.29. The third kappa shape index (κ3) is 3.61. The van der Waals surface area contributed by atoms with Gasteiger partial charge in [0.2, 0.25) is 0 Å². The molecular weight excluding hydrogens is 244 g/mol. The van der Waals surface area contributed by atoms with Crippen molar-refractivity contribution in [3.63, 3.8) is 0 Å². The number of ether oxygens (including phenoxy) is 3. The van der Waals surface area contributed by atoms with Crippen LogP contribution in [0.2, 0.25) is 0 Å². The van der Waals surface area contributed by atoms with Gasteiger partial charge in [-0.25, -0.2) is 0 Å². The van der Waals surface area contributed by atoms with Crippen molar-refractivity contribution < 1.29 is 19.3 Å². The number of rotatable bonds is 7. The van der Waals surface area contributed by atoms with E-state index >= 15 is 0 Å². The lowest BCUT2D eigenvalue weighted by atomic mass is 9.94. The number of aliphatic hydroxyl groups excluding tert-OH is 1. The van der Waals surface area contributed by atoms with Crippen molar-refractivity contribution >= 4 is 0 Å². The van der Waals surface area contributed by atoms with Gasteiger partial charge in [0, 0.05) is 6.61 Å². The second-order valence-corrected chi connectivity index (χ2v) is 4.69. The summed E-state index contributed by atoms with van der Waals surface area (Å²) in [5.74, 6) is 1.40. The molecule has 0 amide bonds. The zero-order valence-electron chi connectivity index (χ0n) is 12.3. The van der Waals surface area contributed by atoms with Crippen LogP contribution >= 0.6 is 0 Å². The summed E-state index contributed by atoms with van der Waals surface area (Å²) in [6, 6.07) is 5.45. The van der Waals surface area contributed by atoms with Crippen LogP contribution in [-0.2, 0) is 4.74 Å². The zero-order chi connectivity index (χ0) is 14.4. The van der Waals surface area contributed by atoms with Crippen LogP contribution in [0.4, 0.5) is 0 Å². The molecule has 19 heavy (non-hydrogen) atoms. The number of hydrogen-bond acceptors (Lipinski definition) is 4. The molecule has 1 aromatic carbocycles. The average Bonchev–Trinajstić information content (AvgIpc) is 2.42. The van der Waals surface area contributed by atoms with Gasteiger partial charge in [-0.3, -0.25) is 0 Å². The van der Waals surface area contributed by atoms with Crippen LogP contribution in [-0.4, -0.2) is 32.0 Å². The van der Waals surface area contributed by atoms with E-state index in [-0.39, 0.29) is 12.0 Å². The molecular formula is C15H24O4. The Balaban J connectivity index is 3.18. The van der Waals surface area contributed by atoms with Gasteiger partial charge in [-0.15, -0.1) is 0 Å². The van der Waals surface area contributed by atoms with E-state index in [1.165, 1.54) is 0 Å². The van der Waals surface area contributed by atoms with Crippen LogP contribution in [0.25, 0.3) is 0 Å². The van der Waals surface area contributed by atoms with Crippen molar-refractivity contribution in [3.05, 3.63) is 23.8 Å². The largest absolute Gasteiger partial charge is 0.496 e. The van der Waals surface area contributed by atoms with E-state index in [2.05, 4.69) is 0 Å². The van der Waals surface area contributed by atoms with Crippen molar-refractivity contribution in [3.8, 4) is 11.5 Å². The average molecular weight is 268 g/mol. The van der Waals surface area contributed by atoms with Crippen LogP contribution in [0.1, 0.15) is 32.4 Å². The molecule has 108 valence electrons. The van der Waals surface area contributed by atoms with E-state index in [4.69, 9.17) is 14.2 Å². The molecule has 0 saturated carbocycles. The molecule has 0 aliphatic rings. The fourth-order valence-corrected chi connectivity index (χ4v) is 2.18. The molecule has 2 unspecified atom stereocenters. The van der Waals surface area contributed by atoms with Crippen LogP contribution in [0.15, 0.2) is 18.2 Å². The Morgan fingerprint density at radius 2 is 1.63 bits per heavy atom. The molecule has 1 aromatic rings. The molecule has 4 nitrogen and oxygen atoms in total. The molecule has 4 heteroatoms. The molecule has 0 heterocycles. The first-order valence-corrected chi connectivity index (χ1v) is 6.57. The lowest BCUT2D eigenvalue weighted by Crippen LogP contribution is -2.28. The van der Waals surface area contributed by atoms with Gasteiger partial charge in [0.25, 0.3) is 0 Å². The molecule has 0 fully saturated rings. The van der Waals surface area contributed by atoms with Gasteiger partial charge in [0.15, 0.2) is 0 Å². The summed E-state index contributed by atoms with van der Waals surface area (Å²) >= 11 is 0. The van der Waals surface area contributed by atoms with Crippen LogP contribution in [0.5, 0.6) is 11.5 Å². The Bertz CT molecular complexity index is 367. The van der Waals surface area contributed by atoms with Gasteiger partial charge in [0.05, 0.1) is 25.9 Å². The zero-order valence-corrected chi connectivity index (χ0v) is 12.3. The Kier molecular flexibility index (Phi) is 6.12. The van der Waals surface area contributed by atoms with Gasteiger partial charge >= 0.3 is 0 Å². The lowest BCUT2D eigenvalue weighted by molar-refractivity contribution is -0.0599. The Morgan fingerprint density at radius 3 is 2.00 bits per heavy atom. The van der Waals surface area contributed by atoms with E-state index in [0.717, 1.165) is 0 Å². The summed E-state index contributed by atoms with van der Waals surface area (Å²) in [7, 11) is 3.16. The summed E-state index contributed by atoms with van der Waals surface area (Å²) in [6.45, 7) is 6.51. The maximum atomic E-state index is 10.6. The van der Waals surface area contributed by atoms with Gasteiger partial charge in [-0.1, -0.05) is 19.9 Å². The Hall–Kier alpha value is -1.26. The first-order valence-electron chi connectivity index (χ1n) is 6.57. The summed E-state index contributed by atoms with van der Waals surface area (Å²) in [4.78, 5) is 0. The number of methoxy groups -OCH3 is 2. The lowest BCUT2D eigenvalue weighted by Gasteiger charge is -2.28. The summed E-state index contributed by atoms with van der Waals surface area (Å²) < 4.78 is 16.3. The van der Waals surface area contributed by atoms with Gasteiger partial charge in [-0.2, -0.15) is 0 Å². The minimum Gasteiger partial charge on any atom is -0.496 e. The van der Waals surface area contributed by atoms with E-state index in [1.54, 1.807) is 14.2 Å². The van der Waals surface area contributed by atoms with Crippen LogP contribution in [0.3, 0.4) is 0 Å². The van der Waals surface area contributed by atoms with Crippen LogP contribution in [0, 0.1) is 5.92 Å². The molecule has 2 atom stereocenters. The van der Waals surface area contributed by atoms with Crippen LogP contribution < -0.4 is 9.47 Å². The maximum absolute atomic E-state index is 10.6. The number of benzene rings is 1. The molecule has 1 rings (SSSR count). The highest BCUT2D eigenvalue weighted by Crippen LogP contribution is 2.37. The smallest absolute Gasteiger partial charge is 0.128 e. The third-order valence-electron chi connectivity index (χ3n) is 3.09. The van der Waals surface area contributed by atoms with Gasteiger partial charge in [-0.05, 0) is 25.0 Å². The van der Waals surface area contributed by atoms with E-state index in [1.807, 2.05) is 39.0 Å². The predicted molar refractivity (Wildman–Crippen MR) is 74.8 cm³/mol. The fraction of sp³-hybridized carbons (Fsp3) is 0.600. The summed E-state index contributed by atoms with van der Waals surface area (Å²) in [5.41, 5.74) is 0.639. The van der Waals surface area contributed by atoms with Crippen molar-refractivity contribution in [1.82, 2.24) is 0 Å². The Morgan fingerprint density at radius 1 is 1.11 bits per heavy atom. The normalized spacial score (nSPS) is 14.3. The number of hydrogen-bond donors (Lipinski definition) is 1. The standard InChI is InChI=1S/C15H24O4/c1-6-19-15(10(2)3)14(16)13-11(17-4)8-7-9-12(13)18-5/h7-10,14-16H,6H2,1-5H3. The summed E-state index contributed by atoms with van der Waals surface area (Å²) in [6.07, 6.45) is -1.08. The highest BCUT2D eigenvalue weighted by molar-refractivity contribution is 5.46. The number of aliphatic hydroxyl groups is 1. The topological polar surface area (TPSA) is 47.9 Å². The molecule has 0 radical (unpaired) electrons. The molecule has 0 aromatic heterocycles. The van der Waals surface area contributed by atoms with Crippen molar-refractivity contribution in [1.29, 1.82) is 0 Å². The van der Waals surface area contributed by atoms with Crippen molar-refractivity contribution in [2.24, 2.45) is 5.92 Å². The highest BCUT2D eigenvalue weighted by atomic mass is 16.5. The van der Waals surface area contributed by atoms with Gasteiger partial charge < -0.3 is 19.3 Å². The SMILES string of the molecule is CCOC(C(C)C)C(O)c1c(OC)cccc1OC. The predicted octanol–water partition coefficient (Wildman–Crippen LogP) is 2.80.